The minimum atomic E-state index is -1.30. The summed E-state index contributed by atoms with van der Waals surface area (Å²) in [5.74, 6) is -2.96. The molecule has 0 saturated carbocycles. The number of thioether (sulfide) groups is 1. The Morgan fingerprint density at radius 1 is 1.33 bits per heavy atom. The molecule has 1 aromatic rings. The smallest absolute Gasteiger partial charge is 0.352 e. The summed E-state index contributed by atoms with van der Waals surface area (Å²) in [6.45, 7) is 3.68. The summed E-state index contributed by atoms with van der Waals surface area (Å²) in [5.41, 5.74) is 5.64. The van der Waals surface area contributed by atoms with Crippen molar-refractivity contribution in [3.05, 3.63) is 28.7 Å². The number of fused-ring (bicyclic) bond motifs is 1. The number of nitrogens with one attached hydrogen (secondary N) is 3. The second-order valence-corrected chi connectivity index (χ2v) is 11.2. The van der Waals surface area contributed by atoms with E-state index in [1.54, 1.807) is 11.0 Å². The van der Waals surface area contributed by atoms with Crippen molar-refractivity contribution in [3.63, 3.8) is 0 Å². The van der Waals surface area contributed by atoms with Crippen LogP contribution in [0.15, 0.2) is 28.1 Å². The second kappa shape index (κ2) is 11.3. The van der Waals surface area contributed by atoms with Gasteiger partial charge in [0, 0.05) is 55.1 Å². The van der Waals surface area contributed by atoms with Crippen molar-refractivity contribution < 1.29 is 29.5 Å². The topological polar surface area (TPSA) is 215 Å². The Morgan fingerprint density at radius 3 is 2.82 bits per heavy atom. The number of β-lactam (4-membered cyclic amide) rings is 1. The van der Waals surface area contributed by atoms with Crippen LogP contribution < -0.4 is 21.7 Å². The Balaban J connectivity index is 1.25. The van der Waals surface area contributed by atoms with Crippen LogP contribution in [0, 0.1) is 0 Å². The average molecular weight is 578 g/mol. The van der Waals surface area contributed by atoms with Gasteiger partial charge >= 0.3 is 5.97 Å². The number of oxime groups is 1. The first kappa shape index (κ1) is 27.0. The maximum absolute atomic E-state index is 13.0. The monoisotopic (exact) mass is 577 g/mol. The number of hydrogen-bond acceptors (Lipinski definition) is 13. The van der Waals surface area contributed by atoms with E-state index in [1.807, 2.05) is 0 Å². The second-order valence-electron chi connectivity index (χ2n) is 9.30. The number of hydrogen-bond donors (Lipinski definition) is 6. The number of nitrogens with zero attached hydrogens (tertiary/aromatic N) is 5. The van der Waals surface area contributed by atoms with E-state index in [-0.39, 0.29) is 28.3 Å². The molecule has 15 nitrogen and oxygen atoms in total. The van der Waals surface area contributed by atoms with E-state index in [2.05, 4.69) is 30.5 Å². The van der Waals surface area contributed by atoms with E-state index in [9.17, 15) is 29.5 Å². The number of aromatic nitrogens is 2. The van der Waals surface area contributed by atoms with Crippen LogP contribution in [-0.4, -0.2) is 115 Å². The number of amides is 3. The molecule has 208 valence electrons. The Morgan fingerprint density at radius 2 is 2.15 bits per heavy atom. The summed E-state index contributed by atoms with van der Waals surface area (Å²) in [4.78, 5) is 57.4. The van der Waals surface area contributed by atoms with E-state index in [1.165, 1.54) is 11.8 Å². The molecule has 0 radical (unpaired) electrons. The molecule has 3 amide bonds. The Hall–Kier alpha value is -3.54. The molecule has 17 heteroatoms. The van der Waals surface area contributed by atoms with Crippen molar-refractivity contribution in [1.82, 2.24) is 35.1 Å². The molecule has 5 heterocycles. The first-order chi connectivity index (χ1) is 18.8. The Labute approximate surface area is 230 Å². The number of carboxylic acids is 1. The predicted octanol–water partition coefficient (Wildman–Crippen LogP) is -1.85. The van der Waals surface area contributed by atoms with Gasteiger partial charge in [0.05, 0.1) is 0 Å². The van der Waals surface area contributed by atoms with Gasteiger partial charge in [-0.15, -0.1) is 11.8 Å². The molecular weight excluding hydrogens is 550 g/mol. The number of nitrogen functional groups attached to an aromatic ring is 1. The number of carbonyl (C=O) groups is 4. The standard InChI is InChI=1S/C22H27N9O6S2/c23-22-27-16(29-39-22)13(28-37)17(32)26-14-19(34)31-15(21(35)36)11(9-38-20(14)31)7-10-2-5-30(18(10)33)6-4-25-12-1-3-24-8-12/h7,12,14,20,24-25,37H,1-6,8-9H2,(H,26,32)(H,35,36)(H2,23,27,29)/b10-7?,28-13-/t12?,14-,20-/m1/s1. The van der Waals surface area contributed by atoms with Crippen molar-refractivity contribution in [2.75, 3.05) is 44.2 Å². The van der Waals surface area contributed by atoms with Gasteiger partial charge in [-0.2, -0.15) is 9.36 Å². The Kier molecular flexibility index (Phi) is 7.83. The molecule has 0 aliphatic carbocycles. The molecule has 1 aromatic heterocycles. The van der Waals surface area contributed by atoms with Crippen LogP contribution >= 0.6 is 23.3 Å². The van der Waals surface area contributed by atoms with Gasteiger partial charge in [0.2, 0.25) is 17.4 Å². The van der Waals surface area contributed by atoms with Gasteiger partial charge in [-0.25, -0.2) is 4.79 Å². The molecule has 3 fully saturated rings. The molecule has 3 atom stereocenters. The van der Waals surface area contributed by atoms with Gasteiger partial charge in [-0.05, 0) is 31.0 Å². The van der Waals surface area contributed by atoms with Crippen LogP contribution in [-0.2, 0) is 19.2 Å². The maximum atomic E-state index is 13.0. The molecule has 0 spiro atoms. The lowest BCUT2D eigenvalue weighted by Crippen LogP contribution is -2.71. The Bertz CT molecular complexity index is 1290. The van der Waals surface area contributed by atoms with Crippen LogP contribution in [0.5, 0.6) is 0 Å². The van der Waals surface area contributed by atoms with Crippen LogP contribution in [0.1, 0.15) is 18.7 Å². The first-order valence-electron chi connectivity index (χ1n) is 12.3. The predicted molar refractivity (Wildman–Crippen MR) is 141 cm³/mol. The number of rotatable bonds is 9. The highest BCUT2D eigenvalue weighted by atomic mass is 32.2. The lowest BCUT2D eigenvalue weighted by molar-refractivity contribution is -0.150. The van der Waals surface area contributed by atoms with E-state index in [0.717, 1.165) is 35.9 Å². The normalized spacial score (nSPS) is 26.3. The van der Waals surface area contributed by atoms with E-state index >= 15 is 0 Å². The van der Waals surface area contributed by atoms with Gasteiger partial charge in [0.25, 0.3) is 11.8 Å². The zero-order chi connectivity index (χ0) is 27.7. The molecule has 0 bridgehead atoms. The summed E-state index contributed by atoms with van der Waals surface area (Å²) in [5, 5.41) is 30.7. The fraction of sp³-hybridized carbons (Fsp3) is 0.500. The number of aliphatic carboxylic acids is 1. The lowest BCUT2D eigenvalue weighted by Gasteiger charge is -2.49. The third kappa shape index (κ3) is 5.34. The summed E-state index contributed by atoms with van der Waals surface area (Å²) in [6, 6.07) is -0.647. The maximum Gasteiger partial charge on any atom is 0.352 e. The zero-order valence-corrected chi connectivity index (χ0v) is 22.3. The molecular formula is C22H27N9O6S2. The summed E-state index contributed by atoms with van der Waals surface area (Å²) < 4.78 is 3.82. The third-order valence-corrected chi connectivity index (χ3v) is 8.74. The van der Waals surface area contributed by atoms with Crippen LogP contribution in [0.2, 0.25) is 0 Å². The summed E-state index contributed by atoms with van der Waals surface area (Å²) in [6.07, 6.45) is 3.12. The quantitative estimate of drug-likeness (QED) is 0.0627. The van der Waals surface area contributed by atoms with Crippen LogP contribution in [0.3, 0.4) is 0 Å². The molecule has 3 saturated heterocycles. The molecule has 1 unspecified atom stereocenters. The summed E-state index contributed by atoms with van der Waals surface area (Å²) >= 11 is 2.07. The highest BCUT2D eigenvalue weighted by molar-refractivity contribution is 8.00. The molecule has 5 rings (SSSR count). The van der Waals surface area contributed by atoms with Gasteiger partial charge in [-0.1, -0.05) is 5.16 Å². The number of anilines is 1. The van der Waals surface area contributed by atoms with Crippen LogP contribution in [0.4, 0.5) is 5.13 Å². The number of carbonyl (C=O) groups excluding carboxylic acids is 3. The lowest BCUT2D eigenvalue weighted by atomic mass is 10.0. The van der Waals surface area contributed by atoms with Crippen molar-refractivity contribution in [2.24, 2.45) is 5.16 Å². The molecule has 4 aliphatic heterocycles. The van der Waals surface area contributed by atoms with E-state index < -0.39 is 34.9 Å². The van der Waals surface area contributed by atoms with Gasteiger partial charge in [0.15, 0.2) is 5.13 Å². The number of likely N-dealkylation sites (tertiary alicyclic amines) is 1. The fourth-order valence-corrected chi connectivity index (χ4v) is 6.68. The molecule has 0 aromatic carbocycles. The third-order valence-electron chi connectivity index (χ3n) is 6.89. The van der Waals surface area contributed by atoms with Crippen molar-refractivity contribution >= 4 is 57.8 Å². The number of nitrogens with two attached hydrogens (primary N) is 1. The van der Waals surface area contributed by atoms with Crippen LogP contribution in [0.25, 0.3) is 0 Å². The minimum Gasteiger partial charge on any atom is -0.477 e. The molecule has 4 aliphatic rings. The van der Waals surface area contributed by atoms with Gasteiger partial charge in [-0.3, -0.25) is 19.3 Å². The highest BCUT2D eigenvalue weighted by Crippen LogP contribution is 2.41. The first-order valence-corrected chi connectivity index (χ1v) is 14.1. The average Bonchev–Trinajstić information content (AvgIpc) is 3.66. The minimum absolute atomic E-state index is 0.0627. The van der Waals surface area contributed by atoms with Crippen molar-refractivity contribution in [3.8, 4) is 0 Å². The largest absolute Gasteiger partial charge is 0.477 e. The van der Waals surface area contributed by atoms with E-state index in [4.69, 9.17) is 5.73 Å². The van der Waals surface area contributed by atoms with E-state index in [0.29, 0.717) is 43.2 Å². The molecule has 39 heavy (non-hydrogen) atoms. The number of allylic oxidation sites excluding steroid dienone is 1. The van der Waals surface area contributed by atoms with Crippen molar-refractivity contribution in [2.45, 2.75) is 30.3 Å². The fourth-order valence-electron chi connectivity index (χ4n) is 4.94. The number of carboxylic acid groups (broad SMARTS) is 1. The molecule has 7 N–H and O–H groups in total. The zero-order valence-electron chi connectivity index (χ0n) is 20.6. The van der Waals surface area contributed by atoms with Gasteiger partial charge in [0.1, 0.15) is 17.1 Å². The van der Waals surface area contributed by atoms with Crippen molar-refractivity contribution in [1.29, 1.82) is 0 Å². The highest BCUT2D eigenvalue weighted by Gasteiger charge is 2.54. The van der Waals surface area contributed by atoms with Gasteiger partial charge < -0.3 is 36.9 Å². The SMILES string of the molecule is Nc1nc(/C(=N/O)C(=O)N[C@@H]2C(=O)N3C(C(=O)O)=C(C=C4CCN(CCNC5CCNC5)C4=O)CS[C@H]23)ns1. The summed E-state index contributed by atoms with van der Waals surface area (Å²) in [7, 11) is 0.